The third-order valence-electron chi connectivity index (χ3n) is 4.02. The van der Waals surface area contributed by atoms with Crippen molar-refractivity contribution in [3.8, 4) is 22.7 Å². The van der Waals surface area contributed by atoms with Gasteiger partial charge in [0.15, 0.2) is 5.69 Å². The summed E-state index contributed by atoms with van der Waals surface area (Å²) in [4.78, 5) is 0. The first-order chi connectivity index (χ1) is 11.4. The van der Waals surface area contributed by atoms with Crippen LogP contribution in [0.1, 0.15) is 6.92 Å². The predicted molar refractivity (Wildman–Crippen MR) is 93.3 cm³/mol. The molecule has 0 bridgehead atoms. The summed E-state index contributed by atoms with van der Waals surface area (Å²) in [6.45, 7) is 3.77. The first-order valence-electron chi connectivity index (χ1n) is 7.93. The molecule has 4 heteroatoms. The number of hydrogen-bond donors (Lipinski definition) is 0. The first-order valence-corrected chi connectivity index (χ1v) is 8.92. The minimum atomic E-state index is 0.697. The molecule has 1 aliphatic rings. The third kappa shape index (κ3) is 2.63. The zero-order chi connectivity index (χ0) is 15.6. The third-order valence-corrected chi connectivity index (χ3v) is 5.08. The Kier molecular flexibility index (Phi) is 3.83. The quantitative estimate of drug-likeness (QED) is 0.677. The van der Waals surface area contributed by atoms with Gasteiger partial charge in [0, 0.05) is 11.3 Å². The Morgan fingerprint density at radius 1 is 1.09 bits per heavy atom. The second-order valence-corrected chi connectivity index (χ2v) is 6.52. The zero-order valence-corrected chi connectivity index (χ0v) is 13.9. The lowest BCUT2D eigenvalue weighted by Crippen LogP contribution is -2.33. The standard InChI is InChI=1S/C19H19N2OS/c1-2-22-17-10-8-16(9-11-17)21-14-18(15-6-4-3-5-7-15)20-12-13-23-19(20)21/h3-11,14H,2,12-13H2,1H3/q+1. The van der Waals surface area contributed by atoms with Crippen LogP contribution in [0.15, 0.2) is 66.0 Å². The minimum Gasteiger partial charge on any atom is -0.494 e. The summed E-state index contributed by atoms with van der Waals surface area (Å²) >= 11 is 1.91. The number of hydrogen-bond acceptors (Lipinski definition) is 2. The first kappa shape index (κ1) is 14.4. The number of imidazole rings is 1. The molecule has 0 spiro atoms. The molecular formula is C19H19N2OS+. The van der Waals surface area contributed by atoms with Gasteiger partial charge in [-0.15, -0.1) is 0 Å². The van der Waals surface area contributed by atoms with Crippen molar-refractivity contribution in [3.05, 3.63) is 60.8 Å². The molecule has 0 aliphatic carbocycles. The normalized spacial score (nSPS) is 13.1. The summed E-state index contributed by atoms with van der Waals surface area (Å²) in [7, 11) is 0. The maximum atomic E-state index is 5.54. The van der Waals surface area contributed by atoms with Crippen molar-refractivity contribution in [1.82, 2.24) is 4.57 Å². The van der Waals surface area contributed by atoms with Gasteiger partial charge in [0.05, 0.1) is 6.61 Å². The summed E-state index contributed by atoms with van der Waals surface area (Å²) < 4.78 is 10.2. The van der Waals surface area contributed by atoms with Gasteiger partial charge in [-0.2, -0.15) is 4.57 Å². The van der Waals surface area contributed by atoms with E-state index in [1.165, 1.54) is 22.1 Å². The fourth-order valence-corrected chi connectivity index (χ4v) is 4.07. The topological polar surface area (TPSA) is 18.0 Å². The Bertz CT molecular complexity index is 809. The van der Waals surface area contributed by atoms with E-state index >= 15 is 0 Å². The lowest BCUT2D eigenvalue weighted by atomic mass is 10.2. The molecule has 0 fully saturated rings. The van der Waals surface area contributed by atoms with Crippen molar-refractivity contribution >= 4 is 11.8 Å². The highest BCUT2D eigenvalue weighted by Gasteiger charge is 2.30. The van der Waals surface area contributed by atoms with Crippen LogP contribution in [0.2, 0.25) is 0 Å². The van der Waals surface area contributed by atoms with E-state index in [9.17, 15) is 0 Å². The number of thioether (sulfide) groups is 1. The molecule has 1 aliphatic heterocycles. The highest BCUT2D eigenvalue weighted by Crippen LogP contribution is 2.29. The number of benzene rings is 2. The summed E-state index contributed by atoms with van der Waals surface area (Å²) in [6, 6.07) is 18.9. The van der Waals surface area contributed by atoms with E-state index in [-0.39, 0.29) is 0 Å². The van der Waals surface area contributed by atoms with E-state index in [1.54, 1.807) is 0 Å². The summed E-state index contributed by atoms with van der Waals surface area (Å²) in [6.07, 6.45) is 2.24. The SMILES string of the molecule is CCOc1ccc(-n2cc(-c3ccccc3)[n+]3c2SCC3)cc1. The van der Waals surface area contributed by atoms with Gasteiger partial charge in [-0.25, -0.2) is 4.57 Å². The molecule has 0 saturated carbocycles. The lowest BCUT2D eigenvalue weighted by Gasteiger charge is -2.03. The van der Waals surface area contributed by atoms with Gasteiger partial charge in [-0.3, -0.25) is 0 Å². The maximum absolute atomic E-state index is 5.54. The Morgan fingerprint density at radius 3 is 2.61 bits per heavy atom. The summed E-state index contributed by atoms with van der Waals surface area (Å²) in [5, 5.41) is 1.30. The van der Waals surface area contributed by atoms with Crippen molar-refractivity contribution in [2.45, 2.75) is 18.6 Å². The van der Waals surface area contributed by atoms with Gasteiger partial charge in [0.25, 0.3) is 0 Å². The average Bonchev–Trinajstić information content (AvgIpc) is 3.19. The molecule has 116 valence electrons. The highest BCUT2D eigenvalue weighted by atomic mass is 32.2. The number of nitrogens with zero attached hydrogens (tertiary/aromatic N) is 2. The molecule has 0 N–H and O–H groups in total. The molecule has 0 unspecified atom stereocenters. The fraction of sp³-hybridized carbons (Fsp3) is 0.211. The van der Waals surface area contributed by atoms with Gasteiger partial charge in [0.2, 0.25) is 0 Å². The van der Waals surface area contributed by atoms with Crippen LogP contribution < -0.4 is 9.30 Å². The van der Waals surface area contributed by atoms with Crippen LogP contribution >= 0.6 is 11.8 Å². The predicted octanol–water partition coefficient (Wildman–Crippen LogP) is 3.94. The largest absolute Gasteiger partial charge is 0.494 e. The van der Waals surface area contributed by atoms with Crippen LogP contribution in [0.25, 0.3) is 16.9 Å². The number of aromatic nitrogens is 2. The van der Waals surface area contributed by atoms with E-state index in [1.807, 2.05) is 30.8 Å². The highest BCUT2D eigenvalue weighted by molar-refractivity contribution is 7.99. The van der Waals surface area contributed by atoms with Gasteiger partial charge in [-0.05, 0) is 43.0 Å². The van der Waals surface area contributed by atoms with Crippen LogP contribution in [-0.2, 0) is 6.54 Å². The Hall–Kier alpha value is -2.20. The molecule has 3 nitrogen and oxygen atoms in total. The van der Waals surface area contributed by atoms with Crippen molar-refractivity contribution in [2.24, 2.45) is 0 Å². The van der Waals surface area contributed by atoms with Crippen molar-refractivity contribution in [2.75, 3.05) is 12.4 Å². The molecule has 3 aromatic rings. The molecule has 4 rings (SSSR count). The Labute approximate surface area is 140 Å². The molecule has 2 heterocycles. The zero-order valence-electron chi connectivity index (χ0n) is 13.1. The van der Waals surface area contributed by atoms with E-state index in [0.29, 0.717) is 6.61 Å². The molecule has 0 radical (unpaired) electrons. The molecule has 0 saturated heterocycles. The summed E-state index contributed by atoms with van der Waals surface area (Å²) in [5.74, 6) is 2.05. The minimum absolute atomic E-state index is 0.697. The number of rotatable bonds is 4. The molecular weight excluding hydrogens is 304 g/mol. The molecule has 1 aromatic heterocycles. The molecule has 0 atom stereocenters. The second-order valence-electron chi connectivity index (χ2n) is 5.46. The number of ether oxygens (including phenoxy) is 1. The Balaban J connectivity index is 1.78. The van der Waals surface area contributed by atoms with Crippen LogP contribution in [-0.4, -0.2) is 16.9 Å². The molecule has 2 aromatic carbocycles. The van der Waals surface area contributed by atoms with Crippen molar-refractivity contribution in [3.63, 3.8) is 0 Å². The van der Waals surface area contributed by atoms with E-state index in [0.717, 1.165) is 18.0 Å². The second kappa shape index (κ2) is 6.13. The van der Waals surface area contributed by atoms with E-state index in [4.69, 9.17) is 4.74 Å². The maximum Gasteiger partial charge on any atom is 0.323 e. The van der Waals surface area contributed by atoms with E-state index in [2.05, 4.69) is 57.8 Å². The van der Waals surface area contributed by atoms with Gasteiger partial charge in [0.1, 0.15) is 24.2 Å². The average molecular weight is 323 g/mol. The van der Waals surface area contributed by atoms with Gasteiger partial charge in [-0.1, -0.05) is 30.3 Å². The fourth-order valence-electron chi connectivity index (χ4n) is 2.97. The smallest absolute Gasteiger partial charge is 0.323 e. The van der Waals surface area contributed by atoms with Crippen LogP contribution in [0, 0.1) is 0 Å². The summed E-state index contributed by atoms with van der Waals surface area (Å²) in [5.41, 5.74) is 3.72. The number of fused-ring (bicyclic) bond motifs is 1. The van der Waals surface area contributed by atoms with Gasteiger partial charge >= 0.3 is 5.16 Å². The molecule has 23 heavy (non-hydrogen) atoms. The van der Waals surface area contributed by atoms with E-state index < -0.39 is 0 Å². The van der Waals surface area contributed by atoms with Crippen molar-refractivity contribution in [1.29, 1.82) is 0 Å². The van der Waals surface area contributed by atoms with Crippen LogP contribution in [0.4, 0.5) is 0 Å². The van der Waals surface area contributed by atoms with Crippen molar-refractivity contribution < 1.29 is 9.30 Å². The monoisotopic (exact) mass is 323 g/mol. The Morgan fingerprint density at radius 2 is 1.87 bits per heavy atom. The van der Waals surface area contributed by atoms with Gasteiger partial charge < -0.3 is 4.74 Å². The molecule has 0 amide bonds. The lowest BCUT2D eigenvalue weighted by molar-refractivity contribution is -0.713. The van der Waals surface area contributed by atoms with Crippen LogP contribution in [0.5, 0.6) is 5.75 Å². The van der Waals surface area contributed by atoms with Crippen LogP contribution in [0.3, 0.4) is 0 Å².